The number of alkyl halides is 2. The Bertz CT molecular complexity index is 903. The van der Waals surface area contributed by atoms with Crippen molar-refractivity contribution in [3.05, 3.63) is 42.0 Å². The number of hydrogen-bond acceptors (Lipinski definition) is 5. The zero-order valence-electron chi connectivity index (χ0n) is 17.5. The third kappa shape index (κ3) is 4.71. The molecule has 0 radical (unpaired) electrons. The van der Waals surface area contributed by atoms with Crippen LogP contribution in [0.3, 0.4) is 0 Å². The Kier molecular flexibility index (Phi) is 6.29. The highest BCUT2D eigenvalue weighted by Crippen LogP contribution is 2.59. The molecule has 3 rings (SSSR count). The molecule has 30 heavy (non-hydrogen) atoms. The van der Waals surface area contributed by atoms with Crippen molar-refractivity contribution in [3.8, 4) is 23.0 Å². The van der Waals surface area contributed by atoms with E-state index in [1.165, 1.54) is 21.3 Å². The highest BCUT2D eigenvalue weighted by Gasteiger charge is 2.52. The lowest BCUT2D eigenvalue weighted by Gasteiger charge is -2.26. The van der Waals surface area contributed by atoms with Crippen LogP contribution >= 0.6 is 23.2 Å². The molecule has 1 atom stereocenters. The Balaban J connectivity index is 1.71. The van der Waals surface area contributed by atoms with E-state index in [9.17, 15) is 4.79 Å². The monoisotopic (exact) mass is 453 g/mol. The van der Waals surface area contributed by atoms with Gasteiger partial charge in [-0.15, -0.1) is 23.2 Å². The van der Waals surface area contributed by atoms with Crippen molar-refractivity contribution in [2.75, 3.05) is 26.6 Å². The van der Waals surface area contributed by atoms with Crippen molar-refractivity contribution in [3.63, 3.8) is 0 Å². The summed E-state index contributed by atoms with van der Waals surface area (Å²) >= 11 is 12.2. The minimum atomic E-state index is -1.13. The lowest BCUT2D eigenvalue weighted by molar-refractivity contribution is -0.128. The van der Waals surface area contributed by atoms with Crippen LogP contribution < -0.4 is 24.3 Å². The lowest BCUT2D eigenvalue weighted by atomic mass is 10.1. The maximum Gasteiger partial charge on any atom is 0.267 e. The SMILES string of the molecule is COc1cc(NC(=O)C(C)(C)Oc2ccc([C@@H]3CC3(Cl)Cl)cc2)cc(OC)c1OC. The number of nitrogens with one attached hydrogen (secondary N) is 1. The van der Waals surface area contributed by atoms with Gasteiger partial charge in [0.25, 0.3) is 5.91 Å². The van der Waals surface area contributed by atoms with Gasteiger partial charge in [0.1, 0.15) is 10.1 Å². The topological polar surface area (TPSA) is 66.0 Å². The summed E-state index contributed by atoms with van der Waals surface area (Å²) in [6, 6.07) is 10.8. The number of rotatable bonds is 8. The number of carbonyl (C=O) groups excluding carboxylic acids is 1. The second-order valence-electron chi connectivity index (χ2n) is 7.57. The lowest BCUT2D eigenvalue weighted by Crippen LogP contribution is -2.42. The fraction of sp³-hybridized carbons (Fsp3) is 0.409. The van der Waals surface area contributed by atoms with Crippen LogP contribution in [0.5, 0.6) is 23.0 Å². The number of anilines is 1. The summed E-state index contributed by atoms with van der Waals surface area (Å²) in [6.45, 7) is 3.38. The molecule has 0 spiro atoms. The molecule has 8 heteroatoms. The summed E-state index contributed by atoms with van der Waals surface area (Å²) in [5, 5.41) is 2.84. The largest absolute Gasteiger partial charge is 0.493 e. The molecule has 162 valence electrons. The molecule has 1 N–H and O–H groups in total. The van der Waals surface area contributed by atoms with Crippen LogP contribution in [0.1, 0.15) is 31.7 Å². The predicted octanol–water partition coefficient (Wildman–Crippen LogP) is 5.17. The number of methoxy groups -OCH3 is 3. The van der Waals surface area contributed by atoms with E-state index in [1.54, 1.807) is 26.0 Å². The van der Waals surface area contributed by atoms with E-state index in [4.69, 9.17) is 42.1 Å². The Morgan fingerprint density at radius 1 is 1.03 bits per heavy atom. The smallest absolute Gasteiger partial charge is 0.267 e. The van der Waals surface area contributed by atoms with Crippen molar-refractivity contribution in [2.45, 2.75) is 36.1 Å². The van der Waals surface area contributed by atoms with Crippen molar-refractivity contribution >= 4 is 34.8 Å². The van der Waals surface area contributed by atoms with Gasteiger partial charge in [-0.3, -0.25) is 4.79 Å². The number of halogens is 2. The average Bonchev–Trinajstić information content (AvgIpc) is 3.35. The van der Waals surface area contributed by atoms with E-state index in [2.05, 4.69) is 5.32 Å². The van der Waals surface area contributed by atoms with Gasteiger partial charge < -0.3 is 24.3 Å². The number of benzene rings is 2. The summed E-state index contributed by atoms with van der Waals surface area (Å²) in [6.07, 6.45) is 0.735. The molecule has 6 nitrogen and oxygen atoms in total. The number of ether oxygens (including phenoxy) is 4. The number of hydrogen-bond donors (Lipinski definition) is 1. The van der Waals surface area contributed by atoms with Gasteiger partial charge in [0.2, 0.25) is 5.75 Å². The summed E-state index contributed by atoms with van der Waals surface area (Å²) in [5.74, 6) is 1.70. The number of carbonyl (C=O) groups is 1. The average molecular weight is 454 g/mol. The van der Waals surface area contributed by atoms with Gasteiger partial charge in [-0.05, 0) is 38.0 Å². The molecule has 0 saturated heterocycles. The van der Waals surface area contributed by atoms with E-state index < -0.39 is 9.93 Å². The van der Waals surface area contributed by atoms with Crippen molar-refractivity contribution in [2.24, 2.45) is 0 Å². The first kappa shape index (κ1) is 22.4. The van der Waals surface area contributed by atoms with E-state index in [1.807, 2.05) is 24.3 Å². The molecule has 0 unspecified atom stereocenters. The molecular weight excluding hydrogens is 429 g/mol. The third-order valence-corrected chi connectivity index (χ3v) is 5.79. The molecule has 1 amide bonds. The molecule has 1 aliphatic rings. The quantitative estimate of drug-likeness (QED) is 0.558. The van der Waals surface area contributed by atoms with Gasteiger partial charge in [-0.1, -0.05) is 12.1 Å². The Hall–Kier alpha value is -2.31. The zero-order chi connectivity index (χ0) is 22.1. The molecule has 2 aromatic rings. The van der Waals surface area contributed by atoms with Crippen LogP contribution in [0.25, 0.3) is 0 Å². The Morgan fingerprint density at radius 3 is 2.00 bits per heavy atom. The normalized spacial score (nSPS) is 17.1. The standard InChI is InChI=1S/C22H25Cl2NO5/c1-21(2,30-15-8-6-13(7-9-15)16-12-22(16,23)24)20(26)25-14-10-17(27-3)19(29-5)18(11-14)28-4/h6-11,16H,12H2,1-5H3,(H,25,26)/t16-/m0/s1. The molecule has 2 aromatic carbocycles. The molecular formula is C22H25Cl2NO5. The predicted molar refractivity (Wildman–Crippen MR) is 118 cm³/mol. The summed E-state index contributed by atoms with van der Waals surface area (Å²) in [4.78, 5) is 12.9. The Labute approximate surface area is 186 Å². The number of amides is 1. The minimum Gasteiger partial charge on any atom is -0.493 e. The van der Waals surface area contributed by atoms with Crippen molar-refractivity contribution in [1.29, 1.82) is 0 Å². The van der Waals surface area contributed by atoms with Crippen LogP contribution in [-0.2, 0) is 4.79 Å². The maximum absolute atomic E-state index is 12.9. The molecule has 1 aliphatic carbocycles. The van der Waals surface area contributed by atoms with Crippen LogP contribution in [0.4, 0.5) is 5.69 Å². The van der Waals surface area contributed by atoms with Gasteiger partial charge in [0.15, 0.2) is 17.1 Å². The van der Waals surface area contributed by atoms with Crippen LogP contribution in [0.2, 0.25) is 0 Å². The van der Waals surface area contributed by atoms with Gasteiger partial charge in [0.05, 0.1) is 21.3 Å². The summed E-state index contributed by atoms with van der Waals surface area (Å²) in [7, 11) is 4.55. The fourth-order valence-corrected chi connectivity index (χ4v) is 3.68. The third-order valence-electron chi connectivity index (χ3n) is 4.95. The fourth-order valence-electron chi connectivity index (χ4n) is 3.12. The second-order valence-corrected chi connectivity index (χ2v) is 9.11. The maximum atomic E-state index is 12.9. The highest BCUT2D eigenvalue weighted by molar-refractivity contribution is 6.51. The first-order chi connectivity index (χ1) is 14.1. The molecule has 1 saturated carbocycles. The molecule has 0 aliphatic heterocycles. The van der Waals surface area contributed by atoms with Gasteiger partial charge in [-0.25, -0.2) is 0 Å². The second kappa shape index (κ2) is 8.44. The zero-order valence-corrected chi connectivity index (χ0v) is 19.1. The summed E-state index contributed by atoms with van der Waals surface area (Å²) < 4.78 is 21.2. The molecule has 0 aromatic heterocycles. The Morgan fingerprint density at radius 2 is 1.57 bits per heavy atom. The minimum absolute atomic E-state index is 0.131. The molecule has 1 fully saturated rings. The van der Waals surface area contributed by atoms with Crippen molar-refractivity contribution in [1.82, 2.24) is 0 Å². The van der Waals surface area contributed by atoms with E-state index >= 15 is 0 Å². The van der Waals surface area contributed by atoms with E-state index in [0.29, 0.717) is 28.7 Å². The van der Waals surface area contributed by atoms with E-state index in [0.717, 1.165) is 12.0 Å². The highest BCUT2D eigenvalue weighted by atomic mass is 35.5. The van der Waals surface area contributed by atoms with Crippen LogP contribution in [0.15, 0.2) is 36.4 Å². The first-order valence-electron chi connectivity index (χ1n) is 9.39. The van der Waals surface area contributed by atoms with Gasteiger partial charge in [0, 0.05) is 23.7 Å². The van der Waals surface area contributed by atoms with E-state index in [-0.39, 0.29) is 11.8 Å². The summed E-state index contributed by atoms with van der Waals surface area (Å²) in [5.41, 5.74) is 0.410. The van der Waals surface area contributed by atoms with Gasteiger partial charge >= 0.3 is 0 Å². The van der Waals surface area contributed by atoms with Crippen LogP contribution in [-0.4, -0.2) is 37.2 Å². The van der Waals surface area contributed by atoms with Crippen LogP contribution in [0, 0.1) is 0 Å². The molecule has 0 heterocycles. The van der Waals surface area contributed by atoms with Gasteiger partial charge in [-0.2, -0.15) is 0 Å². The van der Waals surface area contributed by atoms with Crippen molar-refractivity contribution < 1.29 is 23.7 Å². The molecule has 0 bridgehead atoms. The first-order valence-corrected chi connectivity index (χ1v) is 10.1.